The third-order valence-electron chi connectivity index (χ3n) is 5.98. The lowest BCUT2D eigenvalue weighted by atomic mass is 10.0. The molecule has 32 heavy (non-hydrogen) atoms. The fourth-order valence-corrected chi connectivity index (χ4v) is 3.88. The predicted octanol–water partition coefficient (Wildman–Crippen LogP) is 3.98. The van der Waals surface area contributed by atoms with Gasteiger partial charge in [0.15, 0.2) is 5.82 Å². The van der Waals surface area contributed by atoms with E-state index in [4.69, 9.17) is 10.7 Å². The van der Waals surface area contributed by atoms with Crippen LogP contribution >= 0.6 is 0 Å². The molecule has 2 heterocycles. The number of allylic oxidation sites excluding steroid dienone is 5. The van der Waals surface area contributed by atoms with E-state index in [1.165, 1.54) is 11.6 Å². The number of hydrogen-bond acceptors (Lipinski definition) is 5. The Morgan fingerprint density at radius 3 is 2.50 bits per heavy atom. The van der Waals surface area contributed by atoms with Gasteiger partial charge in [0.25, 0.3) is 5.56 Å². The van der Waals surface area contributed by atoms with Crippen LogP contribution in [0.4, 0.5) is 5.82 Å². The van der Waals surface area contributed by atoms with Crippen LogP contribution in [0.1, 0.15) is 37.9 Å². The van der Waals surface area contributed by atoms with E-state index in [9.17, 15) is 10.1 Å². The van der Waals surface area contributed by atoms with E-state index in [0.717, 1.165) is 41.8 Å². The zero-order chi connectivity index (χ0) is 23.3. The maximum Gasteiger partial charge on any atom is 0.293 e. The Hall–Kier alpha value is -3.43. The summed E-state index contributed by atoms with van der Waals surface area (Å²) in [7, 11) is 1.79. The van der Waals surface area contributed by atoms with Crippen LogP contribution in [0, 0.1) is 11.3 Å². The number of aromatic nitrogens is 2. The molecule has 166 valence electrons. The molecule has 1 fully saturated rings. The van der Waals surface area contributed by atoms with Gasteiger partial charge in [-0.1, -0.05) is 49.9 Å². The second-order valence-corrected chi connectivity index (χ2v) is 8.16. The highest BCUT2D eigenvalue weighted by Gasteiger charge is 2.24. The number of nitrogens with two attached hydrogens (primary N) is 1. The number of hydrogen-bond donors (Lipinski definition) is 1. The minimum atomic E-state index is -0.120. The first-order chi connectivity index (χ1) is 15.4. The highest BCUT2D eigenvalue weighted by atomic mass is 16.1. The number of nitrogens with zero attached hydrogens (tertiary/aromatic N) is 4. The van der Waals surface area contributed by atoms with Gasteiger partial charge in [0.2, 0.25) is 0 Å². The molecule has 0 saturated carbocycles. The van der Waals surface area contributed by atoms with Gasteiger partial charge in [-0.05, 0) is 43.4 Å². The fourth-order valence-electron chi connectivity index (χ4n) is 3.88. The van der Waals surface area contributed by atoms with Crippen molar-refractivity contribution >= 4 is 11.4 Å². The van der Waals surface area contributed by atoms with Gasteiger partial charge in [-0.3, -0.25) is 4.79 Å². The van der Waals surface area contributed by atoms with Crippen molar-refractivity contribution in [2.75, 3.05) is 18.0 Å². The molecule has 1 aromatic carbocycles. The van der Waals surface area contributed by atoms with Gasteiger partial charge >= 0.3 is 0 Å². The van der Waals surface area contributed by atoms with Crippen LogP contribution in [0.2, 0.25) is 0 Å². The van der Waals surface area contributed by atoms with Gasteiger partial charge in [0, 0.05) is 31.7 Å². The topological polar surface area (TPSA) is 87.9 Å². The van der Waals surface area contributed by atoms with Crippen LogP contribution < -0.4 is 16.2 Å². The zero-order valence-corrected chi connectivity index (χ0v) is 19.1. The van der Waals surface area contributed by atoms with Crippen molar-refractivity contribution in [3.8, 4) is 17.3 Å². The first-order valence-electron chi connectivity index (χ1n) is 11.0. The standard InChI is InChI=1S/C26H31N5O/c1-5-19-9-11-21(12-10-19)24-23(18(3)7-8-20(6-2)17-27)29-25(26(32)30(24)4)31-15-13-22(28)14-16-31/h6-12,22H,2,5,13-16,28H2,1,3-4H3/b18-7+,20-8+. The van der Waals surface area contributed by atoms with Crippen LogP contribution in [-0.2, 0) is 13.5 Å². The Kier molecular flexibility index (Phi) is 7.45. The first kappa shape index (κ1) is 23.2. The van der Waals surface area contributed by atoms with E-state index < -0.39 is 0 Å². The summed E-state index contributed by atoms with van der Waals surface area (Å²) < 4.78 is 1.69. The second kappa shape index (κ2) is 10.3. The molecule has 0 radical (unpaired) electrons. The molecular weight excluding hydrogens is 398 g/mol. The normalized spacial score (nSPS) is 15.5. The van der Waals surface area contributed by atoms with Crippen molar-refractivity contribution in [2.24, 2.45) is 12.8 Å². The van der Waals surface area contributed by atoms with Crippen molar-refractivity contribution in [3.63, 3.8) is 0 Å². The maximum atomic E-state index is 13.3. The molecule has 0 aliphatic carbocycles. The molecule has 2 N–H and O–H groups in total. The number of aryl methyl sites for hydroxylation is 1. The molecule has 0 spiro atoms. The average Bonchev–Trinajstić information content (AvgIpc) is 2.82. The molecule has 1 aromatic heterocycles. The fraction of sp³-hybridized carbons (Fsp3) is 0.346. The lowest BCUT2D eigenvalue weighted by molar-refractivity contribution is 0.496. The Balaban J connectivity index is 2.20. The zero-order valence-electron chi connectivity index (χ0n) is 19.1. The summed E-state index contributed by atoms with van der Waals surface area (Å²) in [5.74, 6) is 0.448. The van der Waals surface area contributed by atoms with E-state index in [1.54, 1.807) is 17.7 Å². The SMILES string of the molecule is C=C/C(C#N)=C\C=C(/C)c1nc(N2CCC(N)CC2)c(=O)n(C)c1-c1ccc(CC)cc1. The lowest BCUT2D eigenvalue weighted by Gasteiger charge is -2.31. The van der Waals surface area contributed by atoms with E-state index >= 15 is 0 Å². The number of anilines is 1. The predicted molar refractivity (Wildman–Crippen MR) is 131 cm³/mol. The van der Waals surface area contributed by atoms with Crippen molar-refractivity contribution in [1.82, 2.24) is 9.55 Å². The van der Waals surface area contributed by atoms with E-state index in [2.05, 4.69) is 31.7 Å². The molecular formula is C26H31N5O. The molecule has 6 nitrogen and oxygen atoms in total. The molecule has 1 aliphatic heterocycles. The smallest absolute Gasteiger partial charge is 0.293 e. The monoisotopic (exact) mass is 429 g/mol. The Morgan fingerprint density at radius 2 is 1.94 bits per heavy atom. The van der Waals surface area contributed by atoms with Crippen LogP contribution in [-0.4, -0.2) is 28.7 Å². The molecule has 0 unspecified atom stereocenters. The molecule has 2 aromatic rings. The van der Waals surface area contributed by atoms with Crippen LogP contribution in [0.5, 0.6) is 0 Å². The highest BCUT2D eigenvalue weighted by Crippen LogP contribution is 2.29. The largest absolute Gasteiger partial charge is 0.352 e. The maximum absolute atomic E-state index is 13.3. The summed E-state index contributed by atoms with van der Waals surface area (Å²) in [6, 6.07) is 10.5. The Bertz CT molecular complexity index is 1140. The van der Waals surface area contributed by atoms with Crippen LogP contribution in [0.25, 0.3) is 16.8 Å². The summed E-state index contributed by atoms with van der Waals surface area (Å²) >= 11 is 0. The van der Waals surface area contributed by atoms with E-state index in [-0.39, 0.29) is 11.6 Å². The van der Waals surface area contributed by atoms with Gasteiger partial charge in [-0.2, -0.15) is 5.26 Å². The van der Waals surface area contributed by atoms with Crippen LogP contribution in [0.3, 0.4) is 0 Å². The lowest BCUT2D eigenvalue weighted by Crippen LogP contribution is -2.43. The van der Waals surface area contributed by atoms with E-state index in [0.29, 0.717) is 24.5 Å². The van der Waals surface area contributed by atoms with Crippen LogP contribution in [0.15, 0.2) is 59.4 Å². The van der Waals surface area contributed by atoms with Crippen molar-refractivity contribution in [1.29, 1.82) is 5.26 Å². The minimum Gasteiger partial charge on any atom is -0.352 e. The summed E-state index contributed by atoms with van der Waals surface area (Å²) in [6.45, 7) is 9.16. The van der Waals surface area contributed by atoms with Gasteiger partial charge in [-0.25, -0.2) is 4.98 Å². The van der Waals surface area contributed by atoms with Gasteiger partial charge in [-0.15, -0.1) is 0 Å². The first-order valence-corrected chi connectivity index (χ1v) is 11.0. The van der Waals surface area contributed by atoms with Crippen molar-refractivity contribution < 1.29 is 0 Å². The number of piperidine rings is 1. The third kappa shape index (κ3) is 4.90. The molecule has 0 atom stereocenters. The summed E-state index contributed by atoms with van der Waals surface area (Å²) in [5, 5.41) is 9.21. The summed E-state index contributed by atoms with van der Waals surface area (Å²) in [5.41, 5.74) is 10.9. The quantitative estimate of drug-likeness (QED) is 0.554. The van der Waals surface area contributed by atoms with Crippen molar-refractivity contribution in [2.45, 2.75) is 39.2 Å². The Labute approximate surface area is 190 Å². The van der Waals surface area contributed by atoms with Gasteiger partial charge in [0.05, 0.1) is 23.0 Å². The molecule has 3 rings (SSSR count). The number of rotatable bonds is 6. The minimum absolute atomic E-state index is 0.120. The Morgan fingerprint density at radius 1 is 1.28 bits per heavy atom. The molecule has 1 aliphatic rings. The number of nitriles is 1. The average molecular weight is 430 g/mol. The van der Waals surface area contributed by atoms with Gasteiger partial charge in [0.1, 0.15) is 0 Å². The summed E-state index contributed by atoms with van der Waals surface area (Å²) in [4.78, 5) is 20.3. The molecule has 0 amide bonds. The number of benzene rings is 1. The van der Waals surface area contributed by atoms with E-state index in [1.807, 2.05) is 30.0 Å². The summed E-state index contributed by atoms with van der Waals surface area (Å²) in [6.07, 6.45) is 7.71. The third-order valence-corrected chi connectivity index (χ3v) is 5.98. The van der Waals surface area contributed by atoms with Crippen molar-refractivity contribution in [3.05, 3.63) is 76.3 Å². The molecule has 1 saturated heterocycles. The highest BCUT2D eigenvalue weighted by molar-refractivity contribution is 5.78. The molecule has 0 bridgehead atoms. The molecule has 6 heteroatoms. The second-order valence-electron chi connectivity index (χ2n) is 8.16. The van der Waals surface area contributed by atoms with Gasteiger partial charge < -0.3 is 15.2 Å².